The van der Waals surface area contributed by atoms with Crippen molar-refractivity contribution in [3.05, 3.63) is 47.5 Å². The number of benzene rings is 1. The van der Waals surface area contributed by atoms with Crippen molar-refractivity contribution < 1.29 is 4.79 Å². The Hall–Kier alpha value is -1.57. The van der Waals surface area contributed by atoms with Crippen molar-refractivity contribution in [1.29, 1.82) is 0 Å². The van der Waals surface area contributed by atoms with E-state index >= 15 is 0 Å². The first-order chi connectivity index (χ1) is 9.09. The molecule has 1 rings (SSSR count). The molecule has 0 unspecified atom stereocenters. The molecule has 1 amide bonds. The van der Waals surface area contributed by atoms with Gasteiger partial charge in [0.05, 0.1) is 0 Å². The van der Waals surface area contributed by atoms with Crippen molar-refractivity contribution in [1.82, 2.24) is 5.32 Å². The highest BCUT2D eigenvalue weighted by molar-refractivity contribution is 5.94. The van der Waals surface area contributed by atoms with E-state index in [1.54, 1.807) is 0 Å². The van der Waals surface area contributed by atoms with E-state index in [4.69, 9.17) is 0 Å². The van der Waals surface area contributed by atoms with Crippen molar-refractivity contribution in [3.8, 4) is 0 Å². The maximum absolute atomic E-state index is 12.0. The number of hydrogen-bond donors (Lipinski definition) is 1. The van der Waals surface area contributed by atoms with Gasteiger partial charge in [-0.3, -0.25) is 4.79 Å². The van der Waals surface area contributed by atoms with Crippen LogP contribution in [0.25, 0.3) is 0 Å². The molecule has 0 aliphatic rings. The summed E-state index contributed by atoms with van der Waals surface area (Å²) in [5.41, 5.74) is 2.22. The van der Waals surface area contributed by atoms with Crippen LogP contribution in [0, 0.1) is 5.41 Å². The molecule has 1 aromatic rings. The minimum Gasteiger partial charge on any atom is -0.349 e. The van der Waals surface area contributed by atoms with Crippen LogP contribution in [-0.2, 0) is 5.41 Å². The van der Waals surface area contributed by atoms with Crippen molar-refractivity contribution in [2.75, 3.05) is 6.54 Å². The van der Waals surface area contributed by atoms with Crippen LogP contribution in [-0.4, -0.2) is 12.5 Å². The maximum atomic E-state index is 12.0. The Morgan fingerprint density at radius 2 is 1.60 bits per heavy atom. The minimum atomic E-state index is -0.0241. The first-order valence-electron chi connectivity index (χ1n) is 7.16. The molecule has 0 saturated heterocycles. The largest absolute Gasteiger partial charge is 0.349 e. The van der Waals surface area contributed by atoms with E-state index in [0.717, 1.165) is 0 Å². The zero-order chi connectivity index (χ0) is 15.4. The summed E-state index contributed by atoms with van der Waals surface area (Å²) in [7, 11) is 0. The second kappa shape index (κ2) is 6.25. The molecule has 0 aliphatic carbocycles. The van der Waals surface area contributed by atoms with Crippen LogP contribution < -0.4 is 5.32 Å². The molecule has 1 N–H and O–H groups in total. The van der Waals surface area contributed by atoms with Gasteiger partial charge in [-0.05, 0) is 28.5 Å². The van der Waals surface area contributed by atoms with Crippen LogP contribution in [0.2, 0.25) is 0 Å². The molecule has 20 heavy (non-hydrogen) atoms. The van der Waals surface area contributed by atoms with Gasteiger partial charge in [0.25, 0.3) is 5.91 Å². The summed E-state index contributed by atoms with van der Waals surface area (Å²) in [5, 5.41) is 2.90. The van der Waals surface area contributed by atoms with E-state index in [1.165, 1.54) is 5.56 Å². The van der Waals surface area contributed by atoms with Gasteiger partial charge in [0, 0.05) is 12.1 Å². The van der Waals surface area contributed by atoms with E-state index in [-0.39, 0.29) is 16.7 Å². The summed E-state index contributed by atoms with van der Waals surface area (Å²) in [5.74, 6) is -0.0241. The number of carbonyl (C=O) groups is 1. The normalized spacial score (nSPS) is 12.7. The molecule has 0 bridgehead atoms. The van der Waals surface area contributed by atoms with Gasteiger partial charge in [-0.1, -0.05) is 65.8 Å². The van der Waals surface area contributed by atoms with E-state index in [0.29, 0.717) is 12.1 Å². The van der Waals surface area contributed by atoms with Gasteiger partial charge < -0.3 is 5.32 Å². The van der Waals surface area contributed by atoms with E-state index in [9.17, 15) is 4.79 Å². The quantitative estimate of drug-likeness (QED) is 0.817. The molecule has 110 valence electrons. The van der Waals surface area contributed by atoms with Crippen LogP contribution >= 0.6 is 0 Å². The third kappa shape index (κ3) is 5.60. The molecule has 0 fully saturated rings. The molecular weight excluding hydrogens is 246 g/mol. The van der Waals surface area contributed by atoms with Crippen LogP contribution in [0.15, 0.2) is 36.4 Å². The summed E-state index contributed by atoms with van der Waals surface area (Å²) < 4.78 is 0. The van der Waals surface area contributed by atoms with Crippen molar-refractivity contribution in [2.45, 2.75) is 47.0 Å². The van der Waals surface area contributed by atoms with Gasteiger partial charge in [-0.15, -0.1) is 0 Å². The first kappa shape index (κ1) is 16.5. The summed E-state index contributed by atoms with van der Waals surface area (Å²) in [4.78, 5) is 12.0. The molecule has 0 atom stereocenters. The van der Waals surface area contributed by atoms with E-state index in [1.807, 2.05) is 30.3 Å². The van der Waals surface area contributed by atoms with Crippen LogP contribution in [0.1, 0.15) is 57.5 Å². The lowest BCUT2D eigenvalue weighted by Gasteiger charge is -2.19. The predicted molar refractivity (Wildman–Crippen MR) is 86.1 cm³/mol. The van der Waals surface area contributed by atoms with Crippen molar-refractivity contribution in [3.63, 3.8) is 0 Å². The molecule has 0 saturated carbocycles. The van der Waals surface area contributed by atoms with Gasteiger partial charge in [0.2, 0.25) is 0 Å². The lowest BCUT2D eigenvalue weighted by Crippen LogP contribution is -2.23. The Morgan fingerprint density at radius 3 is 2.05 bits per heavy atom. The Labute approximate surface area is 123 Å². The molecule has 0 radical (unpaired) electrons. The van der Waals surface area contributed by atoms with E-state index < -0.39 is 0 Å². The maximum Gasteiger partial charge on any atom is 0.251 e. The Balaban J connectivity index is 2.59. The molecule has 0 heterocycles. The number of carbonyl (C=O) groups excluding carboxylic acids is 1. The van der Waals surface area contributed by atoms with Crippen LogP contribution in [0.3, 0.4) is 0 Å². The highest BCUT2D eigenvalue weighted by atomic mass is 16.1. The van der Waals surface area contributed by atoms with Crippen molar-refractivity contribution in [2.24, 2.45) is 5.41 Å². The van der Waals surface area contributed by atoms with Gasteiger partial charge in [-0.25, -0.2) is 0 Å². The number of allylic oxidation sites excluding steroid dienone is 1. The molecular formula is C18H27NO. The van der Waals surface area contributed by atoms with E-state index in [2.05, 4.69) is 52.9 Å². The minimum absolute atomic E-state index is 0.0241. The average molecular weight is 273 g/mol. The Bertz CT molecular complexity index is 470. The number of rotatable bonds is 3. The summed E-state index contributed by atoms with van der Waals surface area (Å²) >= 11 is 0. The van der Waals surface area contributed by atoms with Crippen LogP contribution in [0.4, 0.5) is 0 Å². The first-order valence-corrected chi connectivity index (χ1v) is 7.16. The highest BCUT2D eigenvalue weighted by Crippen LogP contribution is 2.22. The summed E-state index contributed by atoms with van der Waals surface area (Å²) in [6.07, 6.45) is 4.11. The third-order valence-electron chi connectivity index (χ3n) is 3.01. The molecule has 0 spiro atoms. The second-order valence-corrected chi connectivity index (χ2v) is 7.31. The Morgan fingerprint density at radius 1 is 1.05 bits per heavy atom. The Kier molecular flexibility index (Phi) is 5.15. The fourth-order valence-corrected chi connectivity index (χ4v) is 1.79. The highest BCUT2D eigenvalue weighted by Gasteiger charge is 2.14. The summed E-state index contributed by atoms with van der Waals surface area (Å²) in [6, 6.07) is 7.84. The van der Waals surface area contributed by atoms with Gasteiger partial charge in [0.1, 0.15) is 0 Å². The smallest absolute Gasteiger partial charge is 0.251 e. The standard InChI is InChI=1S/C18H27NO/c1-17(2,3)12-7-13-19-16(20)14-8-10-15(11-9-14)18(4,5)6/h7-12H,13H2,1-6H3,(H,19,20)/b12-7+. The average Bonchev–Trinajstić information content (AvgIpc) is 2.32. The molecule has 0 aromatic heterocycles. The number of amides is 1. The zero-order valence-electron chi connectivity index (χ0n) is 13.6. The fraction of sp³-hybridized carbons (Fsp3) is 0.500. The fourth-order valence-electron chi connectivity index (χ4n) is 1.79. The monoisotopic (exact) mass is 273 g/mol. The molecule has 0 aliphatic heterocycles. The predicted octanol–water partition coefficient (Wildman–Crippen LogP) is 4.32. The van der Waals surface area contributed by atoms with Gasteiger partial charge in [0.15, 0.2) is 0 Å². The van der Waals surface area contributed by atoms with Crippen molar-refractivity contribution >= 4 is 5.91 Å². The second-order valence-electron chi connectivity index (χ2n) is 7.31. The SMILES string of the molecule is CC(C)(C)/C=C/CNC(=O)c1ccc(C(C)(C)C)cc1. The van der Waals surface area contributed by atoms with Crippen LogP contribution in [0.5, 0.6) is 0 Å². The topological polar surface area (TPSA) is 29.1 Å². The molecule has 2 heteroatoms. The number of nitrogens with one attached hydrogen (secondary N) is 1. The lowest BCUT2D eigenvalue weighted by molar-refractivity contribution is 0.0958. The third-order valence-corrected chi connectivity index (χ3v) is 3.01. The number of hydrogen-bond acceptors (Lipinski definition) is 1. The molecule has 1 aromatic carbocycles. The zero-order valence-corrected chi connectivity index (χ0v) is 13.6. The summed E-state index contributed by atoms with van der Waals surface area (Å²) in [6.45, 7) is 13.5. The lowest BCUT2D eigenvalue weighted by atomic mass is 9.87. The molecule has 2 nitrogen and oxygen atoms in total. The van der Waals surface area contributed by atoms with Gasteiger partial charge >= 0.3 is 0 Å². The van der Waals surface area contributed by atoms with Gasteiger partial charge in [-0.2, -0.15) is 0 Å².